The third-order valence-electron chi connectivity index (χ3n) is 4.06. The fourth-order valence-corrected chi connectivity index (χ4v) is 2.66. The van der Waals surface area contributed by atoms with Gasteiger partial charge >= 0.3 is 6.18 Å². The van der Waals surface area contributed by atoms with E-state index in [0.717, 1.165) is 12.1 Å². The fraction of sp³-hybridized carbons (Fsp3) is 0.200. The predicted molar refractivity (Wildman–Crippen MR) is 106 cm³/mol. The topological polar surface area (TPSA) is 77.5 Å². The van der Waals surface area contributed by atoms with Crippen LogP contribution in [0.1, 0.15) is 5.56 Å². The summed E-state index contributed by atoms with van der Waals surface area (Å²) in [7, 11) is 4.53. The first kappa shape index (κ1) is 21.0. The van der Waals surface area contributed by atoms with E-state index in [1.165, 1.54) is 39.7 Å². The molecule has 158 valence electrons. The molecule has 10 heteroatoms. The molecule has 0 aliphatic heterocycles. The number of hydrogen-bond donors (Lipinski definition) is 2. The Morgan fingerprint density at radius 3 is 1.97 bits per heavy atom. The average Bonchev–Trinajstić information content (AvgIpc) is 2.73. The van der Waals surface area contributed by atoms with Gasteiger partial charge in [-0.2, -0.15) is 18.2 Å². The van der Waals surface area contributed by atoms with Crippen molar-refractivity contribution in [2.45, 2.75) is 6.18 Å². The highest BCUT2D eigenvalue weighted by atomic mass is 19.4. The van der Waals surface area contributed by atoms with Crippen LogP contribution < -0.4 is 24.8 Å². The molecule has 2 N–H and O–H groups in total. The van der Waals surface area contributed by atoms with Crippen LogP contribution in [0.2, 0.25) is 0 Å². The molecule has 3 aromatic rings. The van der Waals surface area contributed by atoms with Crippen LogP contribution in [0.3, 0.4) is 0 Å². The van der Waals surface area contributed by atoms with E-state index < -0.39 is 11.7 Å². The second-order valence-corrected chi connectivity index (χ2v) is 6.00. The lowest BCUT2D eigenvalue weighted by Gasteiger charge is -2.15. The summed E-state index contributed by atoms with van der Waals surface area (Å²) in [5.74, 6) is 2.06. The molecule has 0 saturated heterocycles. The molecule has 0 atom stereocenters. The minimum atomic E-state index is -4.39. The second kappa shape index (κ2) is 8.76. The summed E-state index contributed by atoms with van der Waals surface area (Å²) in [6.07, 6.45) is -2.88. The molecule has 0 bridgehead atoms. The molecular formula is C20H19F3N4O3. The van der Waals surface area contributed by atoms with Crippen molar-refractivity contribution in [3.05, 3.63) is 54.2 Å². The average molecular weight is 420 g/mol. The van der Waals surface area contributed by atoms with Crippen molar-refractivity contribution in [3.63, 3.8) is 0 Å². The third-order valence-corrected chi connectivity index (χ3v) is 4.06. The first-order chi connectivity index (χ1) is 14.3. The highest BCUT2D eigenvalue weighted by molar-refractivity contribution is 5.67. The SMILES string of the molecule is COc1cc(Nc2ccnc(Nc3ccc(C(F)(F)F)cc3)n2)cc(OC)c1OC. The lowest BCUT2D eigenvalue weighted by atomic mass is 10.2. The quantitative estimate of drug-likeness (QED) is 0.556. The summed E-state index contributed by atoms with van der Waals surface area (Å²) in [5, 5.41) is 5.98. The van der Waals surface area contributed by atoms with Crippen LogP contribution in [-0.2, 0) is 6.18 Å². The van der Waals surface area contributed by atoms with Crippen molar-refractivity contribution in [2.24, 2.45) is 0 Å². The highest BCUT2D eigenvalue weighted by Gasteiger charge is 2.29. The van der Waals surface area contributed by atoms with Gasteiger partial charge in [-0.15, -0.1) is 0 Å². The van der Waals surface area contributed by atoms with Gasteiger partial charge in [-0.3, -0.25) is 0 Å². The highest BCUT2D eigenvalue weighted by Crippen LogP contribution is 2.40. The summed E-state index contributed by atoms with van der Waals surface area (Å²) < 4.78 is 54.0. The maximum Gasteiger partial charge on any atom is 0.416 e. The van der Waals surface area contributed by atoms with Crippen LogP contribution >= 0.6 is 0 Å². The summed E-state index contributed by atoms with van der Waals surface area (Å²) in [4.78, 5) is 8.41. The number of aromatic nitrogens is 2. The normalized spacial score (nSPS) is 11.0. The Bertz CT molecular complexity index is 986. The first-order valence-corrected chi connectivity index (χ1v) is 8.68. The summed E-state index contributed by atoms with van der Waals surface area (Å²) >= 11 is 0. The van der Waals surface area contributed by atoms with E-state index in [1.807, 2.05) is 0 Å². The van der Waals surface area contributed by atoms with E-state index in [1.54, 1.807) is 18.2 Å². The number of benzene rings is 2. The standard InChI is InChI=1S/C20H19F3N4O3/c1-28-15-10-14(11-16(29-2)18(15)30-3)25-17-8-9-24-19(27-17)26-13-6-4-12(5-7-13)20(21,22)23/h4-11H,1-3H3,(H2,24,25,26,27). The van der Waals surface area contributed by atoms with E-state index in [-0.39, 0.29) is 5.95 Å². The number of ether oxygens (including phenoxy) is 3. The largest absolute Gasteiger partial charge is 0.493 e. The molecule has 0 aliphatic carbocycles. The number of rotatable bonds is 7. The van der Waals surface area contributed by atoms with Crippen molar-refractivity contribution >= 4 is 23.1 Å². The Hall–Kier alpha value is -3.69. The number of anilines is 4. The molecule has 7 nitrogen and oxygen atoms in total. The molecule has 0 saturated carbocycles. The number of methoxy groups -OCH3 is 3. The molecule has 1 aromatic heterocycles. The summed E-state index contributed by atoms with van der Waals surface area (Å²) in [5.41, 5.74) is 0.323. The third kappa shape index (κ3) is 4.83. The molecule has 0 spiro atoms. The van der Waals surface area contributed by atoms with Crippen LogP contribution in [0.15, 0.2) is 48.7 Å². The molecule has 2 aromatic carbocycles. The maximum absolute atomic E-state index is 12.7. The smallest absolute Gasteiger partial charge is 0.416 e. The lowest BCUT2D eigenvalue weighted by molar-refractivity contribution is -0.137. The Kier molecular flexibility index (Phi) is 6.14. The number of halogens is 3. The van der Waals surface area contributed by atoms with Gasteiger partial charge in [-0.05, 0) is 30.3 Å². The number of nitrogens with zero attached hydrogens (tertiary/aromatic N) is 2. The van der Waals surface area contributed by atoms with E-state index in [9.17, 15) is 13.2 Å². The van der Waals surface area contributed by atoms with E-state index in [4.69, 9.17) is 14.2 Å². The van der Waals surface area contributed by atoms with Crippen molar-refractivity contribution in [1.29, 1.82) is 0 Å². The van der Waals surface area contributed by atoms with Crippen LogP contribution in [-0.4, -0.2) is 31.3 Å². The molecule has 1 heterocycles. The minimum Gasteiger partial charge on any atom is -0.493 e. The predicted octanol–water partition coefficient (Wildman–Crippen LogP) is 5.01. The van der Waals surface area contributed by atoms with Crippen LogP contribution in [0.5, 0.6) is 17.2 Å². The zero-order chi connectivity index (χ0) is 21.7. The lowest BCUT2D eigenvalue weighted by Crippen LogP contribution is -2.05. The minimum absolute atomic E-state index is 0.215. The van der Waals surface area contributed by atoms with Crippen molar-refractivity contribution in [2.75, 3.05) is 32.0 Å². The van der Waals surface area contributed by atoms with Crippen molar-refractivity contribution in [1.82, 2.24) is 9.97 Å². The Balaban J connectivity index is 1.79. The van der Waals surface area contributed by atoms with E-state index in [2.05, 4.69) is 20.6 Å². The molecule has 0 fully saturated rings. The summed E-state index contributed by atoms with van der Waals surface area (Å²) in [6.45, 7) is 0. The van der Waals surface area contributed by atoms with Crippen LogP contribution in [0, 0.1) is 0 Å². The maximum atomic E-state index is 12.7. The van der Waals surface area contributed by atoms with Crippen molar-refractivity contribution in [3.8, 4) is 17.2 Å². The molecule has 0 amide bonds. The number of nitrogens with one attached hydrogen (secondary N) is 2. The van der Waals surface area contributed by atoms with Crippen LogP contribution in [0.4, 0.5) is 36.3 Å². The van der Waals surface area contributed by atoms with E-state index >= 15 is 0 Å². The molecule has 0 radical (unpaired) electrons. The van der Waals surface area contributed by atoms with Gasteiger partial charge in [0.2, 0.25) is 11.7 Å². The van der Waals surface area contributed by atoms with Gasteiger partial charge in [0.05, 0.1) is 26.9 Å². The monoisotopic (exact) mass is 420 g/mol. The van der Waals surface area contributed by atoms with Gasteiger partial charge in [0.25, 0.3) is 0 Å². The van der Waals surface area contributed by atoms with Gasteiger partial charge in [0.15, 0.2) is 11.5 Å². The van der Waals surface area contributed by atoms with Gasteiger partial charge in [0, 0.05) is 29.7 Å². The summed E-state index contributed by atoms with van der Waals surface area (Å²) in [6, 6.07) is 9.66. The van der Waals surface area contributed by atoms with Gasteiger partial charge in [-0.25, -0.2) is 4.98 Å². The number of hydrogen-bond acceptors (Lipinski definition) is 7. The second-order valence-electron chi connectivity index (χ2n) is 6.00. The number of alkyl halides is 3. The van der Waals surface area contributed by atoms with Gasteiger partial charge < -0.3 is 24.8 Å². The Labute approximate surface area is 170 Å². The fourth-order valence-electron chi connectivity index (χ4n) is 2.66. The first-order valence-electron chi connectivity index (χ1n) is 8.68. The Morgan fingerprint density at radius 2 is 1.43 bits per heavy atom. The molecule has 0 aliphatic rings. The van der Waals surface area contributed by atoms with Gasteiger partial charge in [-0.1, -0.05) is 0 Å². The Morgan fingerprint density at radius 1 is 0.800 bits per heavy atom. The molecule has 0 unspecified atom stereocenters. The molecule has 30 heavy (non-hydrogen) atoms. The van der Waals surface area contributed by atoms with Crippen molar-refractivity contribution < 1.29 is 27.4 Å². The molecule has 3 rings (SSSR count). The van der Waals surface area contributed by atoms with Gasteiger partial charge in [0.1, 0.15) is 5.82 Å². The van der Waals surface area contributed by atoms with E-state index in [0.29, 0.717) is 34.4 Å². The molecular weight excluding hydrogens is 401 g/mol. The van der Waals surface area contributed by atoms with Crippen LogP contribution in [0.25, 0.3) is 0 Å². The zero-order valence-corrected chi connectivity index (χ0v) is 16.4. The zero-order valence-electron chi connectivity index (χ0n) is 16.4.